The third-order valence-electron chi connectivity index (χ3n) is 2.42. The van der Waals surface area contributed by atoms with Gasteiger partial charge in [-0.05, 0) is 27.0 Å². The molecule has 0 saturated heterocycles. The van der Waals surface area contributed by atoms with Crippen molar-refractivity contribution in [2.45, 2.75) is 32.4 Å². The van der Waals surface area contributed by atoms with Crippen LogP contribution in [0.1, 0.15) is 30.5 Å². The van der Waals surface area contributed by atoms with Gasteiger partial charge in [0.15, 0.2) is 0 Å². The number of aryl methyl sites for hydroxylation is 1. The first-order valence-corrected chi connectivity index (χ1v) is 7.58. The second kappa shape index (κ2) is 6.00. The lowest BCUT2D eigenvalue weighted by molar-refractivity contribution is 0.0821. The molecule has 3 nitrogen and oxygen atoms in total. The lowest BCUT2D eigenvalue weighted by atomic mass is 10.1. The van der Waals surface area contributed by atoms with E-state index < -0.39 is 5.60 Å². The topological polar surface area (TPSA) is 45.1 Å². The van der Waals surface area contributed by atoms with Gasteiger partial charge in [-0.1, -0.05) is 0 Å². The Bertz CT molecular complexity index is 326. The van der Waals surface area contributed by atoms with Crippen LogP contribution >= 0.6 is 23.1 Å². The van der Waals surface area contributed by atoms with Crippen molar-refractivity contribution >= 4 is 23.1 Å². The lowest BCUT2D eigenvalue weighted by Crippen LogP contribution is -2.40. The average molecular weight is 260 g/mol. The third-order valence-corrected chi connectivity index (χ3v) is 4.44. The van der Waals surface area contributed by atoms with E-state index in [1.54, 1.807) is 23.1 Å². The van der Waals surface area contributed by atoms with Crippen LogP contribution < -0.4 is 5.32 Å². The molecule has 0 bridgehead atoms. The summed E-state index contributed by atoms with van der Waals surface area (Å²) in [6.07, 6.45) is 2.01. The number of aromatic nitrogens is 1. The van der Waals surface area contributed by atoms with Gasteiger partial charge in [0, 0.05) is 23.2 Å². The second-order valence-electron chi connectivity index (χ2n) is 4.33. The third kappa shape index (κ3) is 4.05. The summed E-state index contributed by atoms with van der Waals surface area (Å²) in [4.78, 5) is 5.48. The van der Waals surface area contributed by atoms with Crippen molar-refractivity contribution in [1.82, 2.24) is 10.3 Å². The number of rotatable bonds is 6. The summed E-state index contributed by atoms with van der Waals surface area (Å²) in [5.41, 5.74) is 2.30. The molecule has 0 radical (unpaired) electrons. The minimum atomic E-state index is -0.647. The monoisotopic (exact) mass is 260 g/mol. The van der Waals surface area contributed by atoms with E-state index in [-0.39, 0.29) is 6.04 Å². The zero-order valence-electron chi connectivity index (χ0n) is 10.3. The molecule has 0 saturated carbocycles. The van der Waals surface area contributed by atoms with Gasteiger partial charge in [0.2, 0.25) is 0 Å². The molecule has 92 valence electrons. The summed E-state index contributed by atoms with van der Waals surface area (Å²) in [5, 5.41) is 13.4. The Hall–Kier alpha value is -0.100. The Labute approximate surface area is 106 Å². The maximum atomic E-state index is 10.0. The number of thiazole rings is 1. The zero-order valence-corrected chi connectivity index (χ0v) is 11.9. The first-order chi connectivity index (χ1) is 7.46. The molecule has 0 amide bonds. The molecule has 0 aliphatic rings. The number of nitrogens with one attached hydrogen (secondary N) is 1. The van der Waals surface area contributed by atoms with Crippen molar-refractivity contribution in [2.75, 3.05) is 18.6 Å². The maximum Gasteiger partial charge on any atom is 0.0833 e. The van der Waals surface area contributed by atoms with Gasteiger partial charge < -0.3 is 10.4 Å². The molecule has 2 unspecified atom stereocenters. The van der Waals surface area contributed by atoms with Crippen molar-refractivity contribution < 1.29 is 5.11 Å². The summed E-state index contributed by atoms with van der Waals surface area (Å²) in [6.45, 7) is 6.59. The van der Waals surface area contributed by atoms with E-state index in [1.807, 2.05) is 25.6 Å². The van der Waals surface area contributed by atoms with Gasteiger partial charge in [0.1, 0.15) is 0 Å². The molecular formula is C11H20N2OS2. The SMILES string of the molecule is CSCC(C)(O)CNC(C)c1scnc1C. The highest BCUT2D eigenvalue weighted by molar-refractivity contribution is 7.98. The van der Waals surface area contributed by atoms with E-state index in [1.165, 1.54) is 4.88 Å². The van der Waals surface area contributed by atoms with Crippen LogP contribution in [-0.4, -0.2) is 34.2 Å². The van der Waals surface area contributed by atoms with E-state index in [0.29, 0.717) is 6.54 Å². The van der Waals surface area contributed by atoms with Gasteiger partial charge in [-0.2, -0.15) is 11.8 Å². The average Bonchev–Trinajstić information content (AvgIpc) is 2.61. The Kier molecular flexibility index (Phi) is 5.24. The molecule has 2 N–H and O–H groups in total. The summed E-state index contributed by atoms with van der Waals surface area (Å²) in [5.74, 6) is 0.744. The van der Waals surface area contributed by atoms with Crippen molar-refractivity contribution in [3.8, 4) is 0 Å². The van der Waals surface area contributed by atoms with Gasteiger partial charge >= 0.3 is 0 Å². The number of thioether (sulfide) groups is 1. The molecule has 0 aliphatic heterocycles. The number of hydrogen-bond donors (Lipinski definition) is 2. The van der Waals surface area contributed by atoms with Crippen LogP contribution in [-0.2, 0) is 0 Å². The van der Waals surface area contributed by atoms with E-state index >= 15 is 0 Å². The highest BCUT2D eigenvalue weighted by Gasteiger charge is 2.21. The van der Waals surface area contributed by atoms with Gasteiger partial charge in [0.05, 0.1) is 16.8 Å². The molecular weight excluding hydrogens is 240 g/mol. The Morgan fingerprint density at radius 3 is 2.88 bits per heavy atom. The van der Waals surface area contributed by atoms with Crippen LogP contribution in [0.2, 0.25) is 0 Å². The molecule has 0 aromatic carbocycles. The van der Waals surface area contributed by atoms with Gasteiger partial charge in [-0.25, -0.2) is 4.98 Å². The Morgan fingerprint density at radius 1 is 1.69 bits per heavy atom. The zero-order chi connectivity index (χ0) is 12.2. The molecule has 1 aromatic rings. The highest BCUT2D eigenvalue weighted by atomic mass is 32.2. The van der Waals surface area contributed by atoms with E-state index in [4.69, 9.17) is 0 Å². The fourth-order valence-corrected chi connectivity index (χ4v) is 3.11. The lowest BCUT2D eigenvalue weighted by Gasteiger charge is -2.25. The normalized spacial score (nSPS) is 17.1. The molecule has 1 rings (SSSR count). The van der Waals surface area contributed by atoms with Crippen LogP contribution in [0.15, 0.2) is 5.51 Å². The molecule has 0 spiro atoms. The van der Waals surface area contributed by atoms with Crippen molar-refractivity contribution in [3.63, 3.8) is 0 Å². The minimum Gasteiger partial charge on any atom is -0.388 e. The summed E-state index contributed by atoms with van der Waals surface area (Å²) in [7, 11) is 0. The molecule has 1 heterocycles. The predicted octanol–water partition coefficient (Wildman–Crippen LogP) is 2.22. The highest BCUT2D eigenvalue weighted by Crippen LogP contribution is 2.21. The molecule has 1 aromatic heterocycles. The summed E-state index contributed by atoms with van der Waals surface area (Å²) < 4.78 is 0. The van der Waals surface area contributed by atoms with Crippen LogP contribution in [0.4, 0.5) is 0 Å². The summed E-state index contributed by atoms with van der Waals surface area (Å²) in [6, 6.07) is 0.251. The predicted molar refractivity (Wildman–Crippen MR) is 72.3 cm³/mol. The Morgan fingerprint density at radius 2 is 2.38 bits per heavy atom. The number of aliphatic hydroxyl groups is 1. The molecule has 16 heavy (non-hydrogen) atoms. The van der Waals surface area contributed by atoms with Crippen molar-refractivity contribution in [2.24, 2.45) is 0 Å². The fraction of sp³-hybridized carbons (Fsp3) is 0.727. The van der Waals surface area contributed by atoms with Crippen LogP contribution in [0.25, 0.3) is 0 Å². The standard InChI is InChI=1S/C11H20N2OS2/c1-8(10-9(2)13-7-16-10)12-5-11(3,14)6-15-4/h7-8,12,14H,5-6H2,1-4H3. The fourth-order valence-electron chi connectivity index (χ4n) is 1.55. The first-order valence-electron chi connectivity index (χ1n) is 5.31. The quantitative estimate of drug-likeness (QED) is 0.823. The van der Waals surface area contributed by atoms with E-state index in [2.05, 4.69) is 17.2 Å². The van der Waals surface area contributed by atoms with Crippen LogP contribution in [0.3, 0.4) is 0 Å². The van der Waals surface area contributed by atoms with Crippen molar-refractivity contribution in [3.05, 3.63) is 16.1 Å². The van der Waals surface area contributed by atoms with Crippen LogP contribution in [0.5, 0.6) is 0 Å². The molecule has 0 aliphatic carbocycles. The first kappa shape index (κ1) is 14.0. The smallest absolute Gasteiger partial charge is 0.0833 e. The van der Waals surface area contributed by atoms with E-state index in [0.717, 1.165) is 11.4 Å². The van der Waals surface area contributed by atoms with Gasteiger partial charge in [0.25, 0.3) is 0 Å². The largest absolute Gasteiger partial charge is 0.388 e. The minimum absolute atomic E-state index is 0.251. The summed E-state index contributed by atoms with van der Waals surface area (Å²) >= 11 is 3.32. The molecule has 0 fully saturated rings. The Balaban J connectivity index is 2.47. The van der Waals surface area contributed by atoms with Crippen LogP contribution in [0, 0.1) is 6.92 Å². The molecule has 2 atom stereocenters. The van der Waals surface area contributed by atoms with Gasteiger partial charge in [-0.3, -0.25) is 0 Å². The molecule has 5 heteroatoms. The maximum absolute atomic E-state index is 10.0. The second-order valence-corrected chi connectivity index (χ2v) is 6.09. The number of hydrogen-bond acceptors (Lipinski definition) is 5. The van der Waals surface area contributed by atoms with Crippen molar-refractivity contribution in [1.29, 1.82) is 0 Å². The number of nitrogens with zero attached hydrogens (tertiary/aromatic N) is 1. The van der Waals surface area contributed by atoms with Gasteiger partial charge in [-0.15, -0.1) is 11.3 Å². The van der Waals surface area contributed by atoms with E-state index in [9.17, 15) is 5.11 Å².